The highest BCUT2D eigenvalue weighted by atomic mass is 32.3. The number of ether oxygens (including phenoxy) is 1. The van der Waals surface area contributed by atoms with E-state index < -0.39 is 10.6 Å². The predicted octanol–water partition coefficient (Wildman–Crippen LogP) is 4.89. The van der Waals surface area contributed by atoms with E-state index in [1.807, 2.05) is 36.4 Å². The molecule has 0 bridgehead atoms. The van der Waals surface area contributed by atoms with Crippen LogP contribution in [0, 0.1) is 0 Å². The fraction of sp³-hybridized carbons (Fsp3) is 0.179. The molecule has 2 amide bonds. The molecule has 2 aliphatic rings. The molecule has 6 rings (SSSR count). The van der Waals surface area contributed by atoms with Crippen molar-refractivity contribution >= 4 is 28.1 Å². The molecule has 3 heterocycles. The molecule has 0 radical (unpaired) electrons. The fourth-order valence-corrected chi connectivity index (χ4v) is 6.75. The van der Waals surface area contributed by atoms with Gasteiger partial charge in [-0.05, 0) is 30.3 Å². The zero-order chi connectivity index (χ0) is 26.3. The minimum absolute atomic E-state index is 0.189. The Kier molecular flexibility index (Phi) is 6.24. The molecule has 10 heteroatoms. The molecule has 3 aromatic carbocycles. The smallest absolute Gasteiger partial charge is 0.274 e. The molecule has 0 saturated carbocycles. The first kappa shape index (κ1) is 24.4. The Morgan fingerprint density at radius 3 is 2.29 bits per heavy atom. The molecular weight excluding hydrogens is 504 g/mol. The molecule has 4 aromatic rings. The summed E-state index contributed by atoms with van der Waals surface area (Å²) in [7, 11) is -3.43. The van der Waals surface area contributed by atoms with E-state index in [1.165, 1.54) is 0 Å². The van der Waals surface area contributed by atoms with Gasteiger partial charge in [-0.15, -0.1) is 0 Å². The fourth-order valence-electron chi connectivity index (χ4n) is 4.94. The van der Waals surface area contributed by atoms with Gasteiger partial charge in [0.25, 0.3) is 11.8 Å². The van der Waals surface area contributed by atoms with E-state index >= 15 is 0 Å². The van der Waals surface area contributed by atoms with Crippen LogP contribution in [0.2, 0.25) is 0 Å². The summed E-state index contributed by atoms with van der Waals surface area (Å²) in [5.41, 5.74) is 3.27. The number of morpholine rings is 1. The Labute approximate surface area is 221 Å². The van der Waals surface area contributed by atoms with Crippen LogP contribution in [-0.4, -0.2) is 61.9 Å². The van der Waals surface area contributed by atoms with E-state index in [2.05, 4.69) is 5.32 Å². The molecule has 0 aliphatic carbocycles. The molecule has 9 nitrogen and oxygen atoms in total. The normalized spacial score (nSPS) is 16.7. The standard InChI is InChI=1S/C28H26N4O5S/c33-27(19-8-3-1-4-9-19)29-23-13-7-12-21-25-22(18-38(35,36)26(21)23)24(28(34)31-14-16-37-17-15-31)30-32(25)20-10-5-2-6-11-20/h1-13,35-36H,14-18H2,(H,29,33). The highest BCUT2D eigenvalue weighted by Crippen LogP contribution is 2.62. The first-order chi connectivity index (χ1) is 18.4. The van der Waals surface area contributed by atoms with Gasteiger partial charge in [0, 0.05) is 29.8 Å². The van der Waals surface area contributed by atoms with Crippen LogP contribution < -0.4 is 5.32 Å². The molecule has 194 valence electrons. The average molecular weight is 531 g/mol. The van der Waals surface area contributed by atoms with Gasteiger partial charge in [0.2, 0.25) is 0 Å². The molecule has 2 aliphatic heterocycles. The van der Waals surface area contributed by atoms with Gasteiger partial charge < -0.3 is 15.0 Å². The molecule has 1 fully saturated rings. The Bertz CT molecular complexity index is 1520. The Hall–Kier alpha value is -3.96. The van der Waals surface area contributed by atoms with Gasteiger partial charge in [-0.1, -0.05) is 48.5 Å². The highest BCUT2D eigenvalue weighted by molar-refractivity contribution is 8.24. The Balaban J connectivity index is 1.51. The number of para-hydroxylation sites is 1. The number of amides is 2. The van der Waals surface area contributed by atoms with Crippen molar-refractivity contribution in [2.45, 2.75) is 10.6 Å². The van der Waals surface area contributed by atoms with Crippen LogP contribution in [0.5, 0.6) is 0 Å². The molecule has 1 aromatic heterocycles. The van der Waals surface area contributed by atoms with E-state index in [0.717, 1.165) is 5.69 Å². The molecule has 38 heavy (non-hydrogen) atoms. The van der Waals surface area contributed by atoms with Crippen molar-refractivity contribution in [3.63, 3.8) is 0 Å². The number of carbonyl (C=O) groups is 2. The van der Waals surface area contributed by atoms with Crippen LogP contribution in [-0.2, 0) is 10.5 Å². The zero-order valence-corrected chi connectivity index (χ0v) is 21.2. The second-order valence-electron chi connectivity index (χ2n) is 9.14. The number of carbonyl (C=O) groups excluding carboxylic acids is 2. The van der Waals surface area contributed by atoms with Gasteiger partial charge in [-0.2, -0.15) is 15.7 Å². The summed E-state index contributed by atoms with van der Waals surface area (Å²) >= 11 is 0. The predicted molar refractivity (Wildman–Crippen MR) is 145 cm³/mol. The van der Waals surface area contributed by atoms with Gasteiger partial charge >= 0.3 is 0 Å². The third-order valence-corrected chi connectivity index (χ3v) is 8.50. The number of hydrogen-bond donors (Lipinski definition) is 3. The second-order valence-corrected chi connectivity index (χ2v) is 11.2. The highest BCUT2D eigenvalue weighted by Gasteiger charge is 2.39. The van der Waals surface area contributed by atoms with Crippen LogP contribution in [0.25, 0.3) is 16.9 Å². The number of nitrogens with zero attached hydrogens (tertiary/aromatic N) is 3. The zero-order valence-electron chi connectivity index (χ0n) is 20.4. The van der Waals surface area contributed by atoms with Crippen molar-refractivity contribution in [1.29, 1.82) is 0 Å². The Morgan fingerprint density at radius 2 is 1.58 bits per heavy atom. The molecule has 3 N–H and O–H groups in total. The Morgan fingerprint density at radius 1 is 0.895 bits per heavy atom. The number of aromatic nitrogens is 2. The third kappa shape index (κ3) is 4.27. The minimum Gasteiger partial charge on any atom is -0.378 e. The summed E-state index contributed by atoms with van der Waals surface area (Å²) < 4.78 is 30.0. The summed E-state index contributed by atoms with van der Waals surface area (Å²) in [6, 6.07) is 23.3. The summed E-state index contributed by atoms with van der Waals surface area (Å²) in [4.78, 5) is 28.5. The minimum atomic E-state index is -3.43. The maximum Gasteiger partial charge on any atom is 0.274 e. The molecule has 1 saturated heterocycles. The van der Waals surface area contributed by atoms with Crippen LogP contribution in [0.15, 0.2) is 83.8 Å². The number of hydrogen-bond acceptors (Lipinski definition) is 6. The van der Waals surface area contributed by atoms with Crippen molar-refractivity contribution in [3.8, 4) is 16.9 Å². The summed E-state index contributed by atoms with van der Waals surface area (Å²) in [6.07, 6.45) is 0. The van der Waals surface area contributed by atoms with E-state index in [1.54, 1.807) is 52.0 Å². The van der Waals surface area contributed by atoms with Crippen molar-refractivity contribution in [3.05, 3.63) is 95.7 Å². The van der Waals surface area contributed by atoms with E-state index in [4.69, 9.17) is 9.84 Å². The maximum atomic E-state index is 13.6. The van der Waals surface area contributed by atoms with Crippen molar-refractivity contribution < 1.29 is 23.4 Å². The largest absolute Gasteiger partial charge is 0.378 e. The van der Waals surface area contributed by atoms with Gasteiger partial charge in [0.15, 0.2) is 5.69 Å². The number of rotatable bonds is 4. The van der Waals surface area contributed by atoms with Crippen molar-refractivity contribution in [1.82, 2.24) is 14.7 Å². The van der Waals surface area contributed by atoms with Crippen LogP contribution in [0.3, 0.4) is 0 Å². The number of anilines is 1. The lowest BCUT2D eigenvalue weighted by Gasteiger charge is -2.39. The van der Waals surface area contributed by atoms with Gasteiger partial charge in [0.05, 0.1) is 40.9 Å². The van der Waals surface area contributed by atoms with Crippen LogP contribution in [0.4, 0.5) is 5.69 Å². The van der Waals surface area contributed by atoms with E-state index in [-0.39, 0.29) is 28.2 Å². The first-order valence-electron chi connectivity index (χ1n) is 12.2. The SMILES string of the molecule is O=C(Nc1cccc2c1S(O)(O)Cc1c(C(=O)N3CCOCC3)nn(-c3ccccc3)c1-2)c1ccccc1. The first-order valence-corrected chi connectivity index (χ1v) is 14.0. The number of benzene rings is 3. The molecule has 0 atom stereocenters. The van der Waals surface area contributed by atoms with E-state index in [0.29, 0.717) is 54.4 Å². The quantitative estimate of drug-likeness (QED) is 0.346. The average Bonchev–Trinajstić information content (AvgIpc) is 3.32. The number of fused-ring (bicyclic) bond motifs is 3. The van der Waals surface area contributed by atoms with Crippen LogP contribution >= 0.6 is 10.6 Å². The van der Waals surface area contributed by atoms with Gasteiger partial charge in [-0.25, -0.2) is 4.68 Å². The lowest BCUT2D eigenvalue weighted by molar-refractivity contribution is 0.0298. The maximum absolute atomic E-state index is 13.6. The lowest BCUT2D eigenvalue weighted by atomic mass is 10.0. The second kappa shape index (κ2) is 9.73. The molecule has 0 unspecified atom stereocenters. The van der Waals surface area contributed by atoms with Gasteiger partial charge in [0.1, 0.15) is 0 Å². The molecule has 0 spiro atoms. The monoisotopic (exact) mass is 530 g/mol. The number of nitrogens with one attached hydrogen (secondary N) is 1. The summed E-state index contributed by atoms with van der Waals surface area (Å²) in [6.45, 7) is 1.76. The lowest BCUT2D eigenvalue weighted by Crippen LogP contribution is -2.41. The van der Waals surface area contributed by atoms with E-state index in [9.17, 15) is 18.7 Å². The van der Waals surface area contributed by atoms with Gasteiger partial charge in [-0.3, -0.25) is 18.7 Å². The third-order valence-electron chi connectivity index (χ3n) is 6.71. The topological polar surface area (TPSA) is 117 Å². The van der Waals surface area contributed by atoms with Crippen molar-refractivity contribution in [2.75, 3.05) is 31.6 Å². The van der Waals surface area contributed by atoms with Crippen LogP contribution in [0.1, 0.15) is 26.4 Å². The van der Waals surface area contributed by atoms with Crippen molar-refractivity contribution in [2.24, 2.45) is 0 Å². The molecular formula is C28H26N4O5S. The summed E-state index contributed by atoms with van der Waals surface area (Å²) in [5, 5.41) is 7.58. The summed E-state index contributed by atoms with van der Waals surface area (Å²) in [5.74, 6) is -0.822.